The molecule has 1 aliphatic rings. The number of hydrogen-bond donors (Lipinski definition) is 2. The number of aliphatic carboxylic acids is 1. The van der Waals surface area contributed by atoms with E-state index in [4.69, 9.17) is 9.15 Å². The molecule has 0 radical (unpaired) electrons. The van der Waals surface area contributed by atoms with Gasteiger partial charge in [0.1, 0.15) is 28.8 Å². The van der Waals surface area contributed by atoms with E-state index < -0.39 is 51.4 Å². The van der Waals surface area contributed by atoms with Gasteiger partial charge in [-0.15, -0.1) is 0 Å². The van der Waals surface area contributed by atoms with Gasteiger partial charge in [0.25, 0.3) is 5.91 Å². The Morgan fingerprint density at radius 3 is 2.34 bits per heavy atom. The van der Waals surface area contributed by atoms with Gasteiger partial charge in [-0.1, -0.05) is 0 Å². The Morgan fingerprint density at radius 1 is 1.17 bits per heavy atom. The van der Waals surface area contributed by atoms with Crippen molar-refractivity contribution in [3.63, 3.8) is 0 Å². The van der Waals surface area contributed by atoms with E-state index in [1.807, 2.05) is 0 Å². The van der Waals surface area contributed by atoms with E-state index in [0.717, 1.165) is 15.5 Å². The van der Waals surface area contributed by atoms with Gasteiger partial charge in [0.15, 0.2) is 0 Å². The predicted molar refractivity (Wildman–Crippen MR) is 150 cm³/mol. The molecule has 11 nitrogen and oxygen atoms in total. The van der Waals surface area contributed by atoms with Gasteiger partial charge < -0.3 is 19.6 Å². The quantitative estimate of drug-likeness (QED) is 0.436. The molecule has 1 unspecified atom stereocenters. The molecule has 220 valence electrons. The fraction of sp³-hybridized carbons (Fsp3) is 0.393. The number of nitrogens with one attached hydrogen (secondary N) is 1. The summed E-state index contributed by atoms with van der Waals surface area (Å²) in [5.74, 6) is -2.69. The lowest BCUT2D eigenvalue weighted by molar-refractivity contribution is -0.142. The molecule has 0 spiro atoms. The van der Waals surface area contributed by atoms with Crippen LogP contribution in [-0.2, 0) is 19.6 Å². The van der Waals surface area contributed by atoms with Crippen molar-refractivity contribution in [2.45, 2.75) is 44.8 Å². The largest absolute Gasteiger partial charge is 0.480 e. The maximum atomic E-state index is 13.6. The number of rotatable bonds is 6. The van der Waals surface area contributed by atoms with Crippen molar-refractivity contribution < 1.29 is 41.5 Å². The number of fused-ring (bicyclic) bond motifs is 1. The van der Waals surface area contributed by atoms with Gasteiger partial charge in [-0.2, -0.15) is 0 Å². The number of carbonyl (C=O) groups is 3. The highest BCUT2D eigenvalue weighted by atomic mass is 32.2. The second-order valence-corrected chi connectivity index (χ2v) is 13.0. The zero-order valence-electron chi connectivity index (χ0n) is 23.5. The van der Waals surface area contributed by atoms with Crippen LogP contribution in [-0.4, -0.2) is 74.9 Å². The van der Waals surface area contributed by atoms with Gasteiger partial charge in [0.2, 0.25) is 10.0 Å². The lowest BCUT2D eigenvalue weighted by Crippen LogP contribution is -2.43. The number of likely N-dealkylation sites (tertiary alicyclic amines) is 1. The van der Waals surface area contributed by atoms with Crippen LogP contribution in [0.3, 0.4) is 0 Å². The molecule has 2 heterocycles. The molecule has 1 saturated heterocycles. The van der Waals surface area contributed by atoms with Gasteiger partial charge in [-0.3, -0.25) is 14.0 Å². The Balaban J connectivity index is 1.94. The summed E-state index contributed by atoms with van der Waals surface area (Å²) >= 11 is 0. The van der Waals surface area contributed by atoms with Gasteiger partial charge in [-0.05, 0) is 63.1 Å². The molecule has 0 saturated carbocycles. The van der Waals surface area contributed by atoms with Crippen molar-refractivity contribution >= 4 is 44.6 Å². The predicted octanol–water partition coefficient (Wildman–Crippen LogP) is 4.17. The van der Waals surface area contributed by atoms with Crippen molar-refractivity contribution in [2.24, 2.45) is 0 Å². The Morgan fingerprint density at radius 2 is 1.80 bits per heavy atom. The molecule has 2 aromatic carbocycles. The molecular weight excluding hydrogens is 557 g/mol. The summed E-state index contributed by atoms with van der Waals surface area (Å²) < 4.78 is 51.4. The van der Waals surface area contributed by atoms with E-state index >= 15 is 0 Å². The zero-order valence-corrected chi connectivity index (χ0v) is 24.3. The highest BCUT2D eigenvalue weighted by Crippen LogP contribution is 2.43. The molecule has 4 rings (SSSR count). The number of carboxylic acid groups (broad SMARTS) is 1. The van der Waals surface area contributed by atoms with Crippen molar-refractivity contribution in [1.29, 1.82) is 0 Å². The summed E-state index contributed by atoms with van der Waals surface area (Å²) in [7, 11) is -1.01. The zero-order chi connectivity index (χ0) is 30.4. The van der Waals surface area contributed by atoms with Crippen LogP contribution in [0.2, 0.25) is 0 Å². The second-order valence-electron chi connectivity index (χ2n) is 10.9. The first-order valence-corrected chi connectivity index (χ1v) is 14.6. The van der Waals surface area contributed by atoms with Crippen molar-refractivity contribution in [3.8, 4) is 11.3 Å². The Bertz CT molecular complexity index is 1630. The number of carboxylic acids is 1. The molecule has 2 atom stereocenters. The number of benzene rings is 2. The lowest BCUT2D eigenvalue weighted by Gasteiger charge is -2.27. The molecule has 0 bridgehead atoms. The highest BCUT2D eigenvalue weighted by molar-refractivity contribution is 7.92. The topological polar surface area (TPSA) is 146 Å². The minimum absolute atomic E-state index is 0.0251. The Hall–Kier alpha value is -4.13. The summed E-state index contributed by atoms with van der Waals surface area (Å²) in [5.41, 5.74) is 0.482. The summed E-state index contributed by atoms with van der Waals surface area (Å²) in [5, 5.41) is 12.8. The first-order valence-electron chi connectivity index (χ1n) is 12.8. The maximum Gasteiger partial charge on any atom is 0.411 e. The van der Waals surface area contributed by atoms with Crippen LogP contribution >= 0.6 is 0 Å². The summed E-state index contributed by atoms with van der Waals surface area (Å²) in [6.45, 7) is 4.93. The molecule has 41 heavy (non-hydrogen) atoms. The average molecular weight is 590 g/mol. The van der Waals surface area contributed by atoms with Crippen LogP contribution in [0.5, 0.6) is 0 Å². The lowest BCUT2D eigenvalue weighted by atomic mass is 9.92. The number of halogens is 1. The number of hydrogen-bond acceptors (Lipinski definition) is 7. The number of anilines is 1. The number of amides is 2. The number of carbonyl (C=O) groups excluding carboxylic acids is 2. The van der Waals surface area contributed by atoms with Crippen molar-refractivity contribution in [3.05, 3.63) is 53.3 Å². The molecule has 1 aliphatic heterocycles. The summed E-state index contributed by atoms with van der Waals surface area (Å²) in [4.78, 5) is 39.3. The monoisotopic (exact) mass is 589 g/mol. The van der Waals surface area contributed by atoms with Crippen LogP contribution in [0.15, 0.2) is 40.8 Å². The number of ether oxygens (including phenoxy) is 1. The van der Waals surface area contributed by atoms with Crippen LogP contribution in [0.25, 0.3) is 22.3 Å². The molecular formula is C28H32FN3O8S. The Labute approximate surface area is 236 Å². The third kappa shape index (κ3) is 5.99. The van der Waals surface area contributed by atoms with E-state index in [9.17, 15) is 32.3 Å². The standard InChI is InChI=1S/C28H32FN3O8S/c1-28(2,3)40-27(36)32-14-16(11-21(32)26(34)35)18-12-19-22(13-20(18)31(5)41(6,37)38)39-24(23(19)25(33)30-4)15-7-9-17(29)10-8-15/h7-10,12-13,16,21H,11,14H2,1-6H3,(H,30,33)(H,34,35)/t16?,21-/m0/s1. The van der Waals surface area contributed by atoms with Gasteiger partial charge in [0.05, 0.1) is 17.5 Å². The molecule has 2 amide bonds. The fourth-order valence-electron chi connectivity index (χ4n) is 4.90. The molecule has 2 N–H and O–H groups in total. The number of furan rings is 1. The minimum Gasteiger partial charge on any atom is -0.480 e. The molecule has 1 aromatic heterocycles. The smallest absolute Gasteiger partial charge is 0.411 e. The van der Waals surface area contributed by atoms with Crippen molar-refractivity contribution in [2.75, 3.05) is 31.2 Å². The molecule has 3 aromatic rings. The highest BCUT2D eigenvalue weighted by Gasteiger charge is 2.43. The van der Waals surface area contributed by atoms with E-state index in [0.29, 0.717) is 16.5 Å². The molecule has 13 heteroatoms. The molecule has 0 aliphatic carbocycles. The van der Waals surface area contributed by atoms with Gasteiger partial charge in [0, 0.05) is 43.6 Å². The SMILES string of the molecule is CNC(=O)c1c(-c2ccc(F)cc2)oc2cc(N(C)S(C)(=O)=O)c(C3C[C@@H](C(=O)O)N(C(=O)OC(C)(C)C)C3)cc12. The van der Waals surface area contributed by atoms with Crippen LogP contribution in [0.4, 0.5) is 14.9 Å². The number of sulfonamides is 1. The minimum atomic E-state index is -3.79. The first-order chi connectivity index (χ1) is 19.0. The second kappa shape index (κ2) is 10.7. The molecule has 1 fully saturated rings. The van der Waals surface area contributed by atoms with Crippen LogP contribution in [0, 0.1) is 5.82 Å². The van der Waals surface area contributed by atoms with Crippen molar-refractivity contribution in [1.82, 2.24) is 10.2 Å². The van der Waals surface area contributed by atoms with Crippen LogP contribution in [0.1, 0.15) is 49.0 Å². The van der Waals surface area contributed by atoms with E-state index in [1.54, 1.807) is 26.8 Å². The maximum absolute atomic E-state index is 13.6. The first kappa shape index (κ1) is 29.8. The fourth-order valence-corrected chi connectivity index (χ4v) is 5.42. The van der Waals surface area contributed by atoms with Gasteiger partial charge in [-0.25, -0.2) is 22.4 Å². The van der Waals surface area contributed by atoms with Crippen LogP contribution < -0.4 is 9.62 Å². The van der Waals surface area contributed by atoms with E-state index in [-0.39, 0.29) is 35.6 Å². The number of nitrogens with zero attached hydrogens (tertiary/aromatic N) is 2. The normalized spacial score (nSPS) is 17.5. The third-order valence-corrected chi connectivity index (χ3v) is 8.08. The average Bonchev–Trinajstić information content (AvgIpc) is 3.48. The Kier molecular flexibility index (Phi) is 7.78. The van der Waals surface area contributed by atoms with E-state index in [2.05, 4.69) is 5.32 Å². The summed E-state index contributed by atoms with van der Waals surface area (Å²) in [6, 6.07) is 7.20. The third-order valence-electron chi connectivity index (χ3n) is 6.89. The summed E-state index contributed by atoms with van der Waals surface area (Å²) in [6.07, 6.45) is 0.187. The van der Waals surface area contributed by atoms with E-state index in [1.165, 1.54) is 44.4 Å². The van der Waals surface area contributed by atoms with Gasteiger partial charge >= 0.3 is 12.1 Å².